The highest BCUT2D eigenvalue weighted by molar-refractivity contribution is 5.56. The number of halogens is 3. The summed E-state index contributed by atoms with van der Waals surface area (Å²) >= 11 is 0. The maximum absolute atomic E-state index is 12.0. The topological polar surface area (TPSA) is 75.2 Å². The van der Waals surface area contributed by atoms with Gasteiger partial charge in [-0.1, -0.05) is 0 Å². The number of alkyl halides is 3. The predicted molar refractivity (Wildman–Crippen MR) is 58.6 cm³/mol. The molecule has 8 heteroatoms. The number of H-pyrrole nitrogens is 1. The summed E-state index contributed by atoms with van der Waals surface area (Å²) in [5.74, 6) is -0.823. The fourth-order valence-electron chi connectivity index (χ4n) is 1.40. The highest BCUT2D eigenvalue weighted by atomic mass is 19.4. The second kappa shape index (κ2) is 4.63. The van der Waals surface area contributed by atoms with Crippen LogP contribution in [0.4, 0.5) is 13.2 Å². The molecule has 1 heterocycles. The van der Waals surface area contributed by atoms with Crippen LogP contribution in [0, 0.1) is 0 Å². The standard InChI is InChI=1S/C11H7F3N2O3/c12-11(13,14)19-7-3-1-6(2-4-7)10-15-8(17)5-9(18)16-10/h1-5H,(H2,15,16,17,18). The van der Waals surface area contributed by atoms with Gasteiger partial charge in [0.05, 0.1) is 6.07 Å². The molecule has 0 aliphatic heterocycles. The molecule has 5 nitrogen and oxygen atoms in total. The zero-order valence-electron chi connectivity index (χ0n) is 9.23. The van der Waals surface area contributed by atoms with Gasteiger partial charge in [-0.05, 0) is 24.3 Å². The summed E-state index contributed by atoms with van der Waals surface area (Å²) in [5.41, 5.74) is -0.236. The number of rotatable bonds is 2. The van der Waals surface area contributed by atoms with Crippen LogP contribution in [-0.2, 0) is 0 Å². The van der Waals surface area contributed by atoms with E-state index in [1.54, 1.807) is 0 Å². The first-order valence-corrected chi connectivity index (χ1v) is 5.00. The van der Waals surface area contributed by atoms with Crippen molar-refractivity contribution in [3.8, 4) is 23.0 Å². The molecule has 0 atom stereocenters. The van der Waals surface area contributed by atoms with Crippen molar-refractivity contribution in [2.45, 2.75) is 6.36 Å². The van der Waals surface area contributed by atoms with Crippen LogP contribution >= 0.6 is 0 Å². The van der Waals surface area contributed by atoms with E-state index in [2.05, 4.69) is 14.7 Å². The van der Waals surface area contributed by atoms with E-state index in [1.165, 1.54) is 12.1 Å². The maximum atomic E-state index is 12.0. The van der Waals surface area contributed by atoms with Gasteiger partial charge in [-0.3, -0.25) is 4.79 Å². The largest absolute Gasteiger partial charge is 0.573 e. The lowest BCUT2D eigenvalue weighted by atomic mass is 10.2. The quantitative estimate of drug-likeness (QED) is 0.877. The number of hydrogen-bond donors (Lipinski definition) is 2. The Hall–Kier alpha value is -2.51. The fourth-order valence-corrected chi connectivity index (χ4v) is 1.40. The van der Waals surface area contributed by atoms with Crippen molar-refractivity contribution in [1.29, 1.82) is 0 Å². The van der Waals surface area contributed by atoms with Crippen LogP contribution in [0.3, 0.4) is 0 Å². The van der Waals surface area contributed by atoms with E-state index >= 15 is 0 Å². The lowest BCUT2D eigenvalue weighted by Gasteiger charge is -2.09. The van der Waals surface area contributed by atoms with Crippen LogP contribution in [0.2, 0.25) is 0 Å². The minimum atomic E-state index is -4.76. The number of ether oxygens (including phenoxy) is 1. The molecule has 2 N–H and O–H groups in total. The van der Waals surface area contributed by atoms with Crippen molar-refractivity contribution in [3.63, 3.8) is 0 Å². The van der Waals surface area contributed by atoms with Crippen LogP contribution < -0.4 is 10.3 Å². The van der Waals surface area contributed by atoms with Gasteiger partial charge in [-0.15, -0.1) is 13.2 Å². The lowest BCUT2D eigenvalue weighted by molar-refractivity contribution is -0.274. The third kappa shape index (κ3) is 3.47. The monoisotopic (exact) mass is 272 g/mol. The SMILES string of the molecule is O=c1cc(O)nc(-c2ccc(OC(F)(F)F)cc2)[nH]1. The minimum Gasteiger partial charge on any atom is -0.493 e. The van der Waals surface area contributed by atoms with Crippen LogP contribution in [0.25, 0.3) is 11.4 Å². The molecule has 0 radical (unpaired) electrons. The summed E-state index contributed by atoms with van der Waals surface area (Å²) in [5, 5.41) is 9.16. The Balaban J connectivity index is 2.30. The number of nitrogens with one attached hydrogen (secondary N) is 1. The van der Waals surface area contributed by atoms with Gasteiger partial charge in [-0.2, -0.15) is 4.98 Å². The molecular weight excluding hydrogens is 265 g/mol. The average molecular weight is 272 g/mol. The Morgan fingerprint density at radius 2 is 1.84 bits per heavy atom. The van der Waals surface area contributed by atoms with E-state index < -0.39 is 23.6 Å². The Bertz CT molecular complexity index is 635. The van der Waals surface area contributed by atoms with Crippen LogP contribution in [0.5, 0.6) is 11.6 Å². The number of aromatic hydroxyl groups is 1. The van der Waals surface area contributed by atoms with Crippen molar-refractivity contribution >= 4 is 0 Å². The first-order chi connectivity index (χ1) is 8.83. The Morgan fingerprint density at radius 3 is 2.37 bits per heavy atom. The Kier molecular flexibility index (Phi) is 3.16. The highest BCUT2D eigenvalue weighted by Gasteiger charge is 2.30. The van der Waals surface area contributed by atoms with Gasteiger partial charge >= 0.3 is 6.36 Å². The van der Waals surface area contributed by atoms with Crippen LogP contribution in [0.15, 0.2) is 35.1 Å². The average Bonchev–Trinajstić information content (AvgIpc) is 2.26. The van der Waals surface area contributed by atoms with Crippen molar-refractivity contribution in [2.75, 3.05) is 0 Å². The number of nitrogens with zero attached hydrogens (tertiary/aromatic N) is 1. The maximum Gasteiger partial charge on any atom is 0.573 e. The van der Waals surface area contributed by atoms with Crippen LogP contribution in [-0.4, -0.2) is 21.4 Å². The predicted octanol–water partition coefficient (Wildman–Crippen LogP) is 2.04. The van der Waals surface area contributed by atoms with Gasteiger partial charge in [0, 0.05) is 5.56 Å². The number of benzene rings is 1. The smallest absolute Gasteiger partial charge is 0.493 e. The molecule has 0 saturated carbocycles. The Labute approximate surface area is 104 Å². The molecule has 0 aliphatic rings. The molecule has 0 amide bonds. The molecule has 0 unspecified atom stereocenters. The van der Waals surface area contributed by atoms with Crippen molar-refractivity contribution in [3.05, 3.63) is 40.7 Å². The highest BCUT2D eigenvalue weighted by Crippen LogP contribution is 2.25. The second-order valence-corrected chi connectivity index (χ2v) is 3.52. The molecule has 0 fully saturated rings. The van der Waals surface area contributed by atoms with E-state index in [0.717, 1.165) is 18.2 Å². The molecule has 0 bridgehead atoms. The normalized spacial score (nSPS) is 11.3. The molecule has 1 aromatic carbocycles. The molecule has 0 aliphatic carbocycles. The first kappa shape index (κ1) is 12.9. The molecule has 100 valence electrons. The molecule has 1 aromatic heterocycles. The lowest BCUT2D eigenvalue weighted by Crippen LogP contribution is -2.17. The third-order valence-electron chi connectivity index (χ3n) is 2.09. The van der Waals surface area contributed by atoms with Crippen LogP contribution in [0.1, 0.15) is 0 Å². The Morgan fingerprint density at radius 1 is 1.21 bits per heavy atom. The van der Waals surface area contributed by atoms with Crippen molar-refractivity contribution in [1.82, 2.24) is 9.97 Å². The van der Waals surface area contributed by atoms with Gasteiger partial charge in [0.25, 0.3) is 5.56 Å². The van der Waals surface area contributed by atoms with Crippen molar-refractivity contribution < 1.29 is 23.0 Å². The molecule has 19 heavy (non-hydrogen) atoms. The van der Waals surface area contributed by atoms with Gasteiger partial charge in [0.15, 0.2) is 0 Å². The molecule has 0 saturated heterocycles. The zero-order chi connectivity index (χ0) is 14.0. The third-order valence-corrected chi connectivity index (χ3v) is 2.09. The molecule has 2 aromatic rings. The second-order valence-electron chi connectivity index (χ2n) is 3.52. The van der Waals surface area contributed by atoms with E-state index in [0.29, 0.717) is 5.56 Å². The fraction of sp³-hybridized carbons (Fsp3) is 0.0909. The summed E-state index contributed by atoms with van der Waals surface area (Å²) < 4.78 is 39.6. The van der Waals surface area contributed by atoms with Gasteiger partial charge < -0.3 is 14.8 Å². The molecular formula is C11H7F3N2O3. The minimum absolute atomic E-state index is 0.0450. The number of aromatic nitrogens is 2. The van der Waals surface area contributed by atoms with Gasteiger partial charge in [0.2, 0.25) is 5.88 Å². The summed E-state index contributed by atoms with van der Waals surface area (Å²) in [7, 11) is 0. The summed E-state index contributed by atoms with van der Waals surface area (Å²) in [6, 6.07) is 5.59. The van der Waals surface area contributed by atoms with Gasteiger partial charge in [-0.25, -0.2) is 0 Å². The summed E-state index contributed by atoms with van der Waals surface area (Å²) in [6.07, 6.45) is -4.76. The zero-order valence-corrected chi connectivity index (χ0v) is 9.23. The number of hydrogen-bond acceptors (Lipinski definition) is 4. The van der Waals surface area contributed by atoms with Crippen molar-refractivity contribution in [2.24, 2.45) is 0 Å². The summed E-state index contributed by atoms with van der Waals surface area (Å²) in [6.45, 7) is 0. The molecule has 2 rings (SSSR count). The first-order valence-electron chi connectivity index (χ1n) is 5.00. The van der Waals surface area contributed by atoms with E-state index in [4.69, 9.17) is 5.11 Å². The number of aromatic amines is 1. The van der Waals surface area contributed by atoms with E-state index in [-0.39, 0.29) is 5.82 Å². The summed E-state index contributed by atoms with van der Waals surface area (Å²) in [4.78, 5) is 17.1. The molecule has 0 spiro atoms. The van der Waals surface area contributed by atoms with E-state index in [1.807, 2.05) is 0 Å². The van der Waals surface area contributed by atoms with Gasteiger partial charge in [0.1, 0.15) is 11.6 Å². The van der Waals surface area contributed by atoms with E-state index in [9.17, 15) is 18.0 Å².